The van der Waals surface area contributed by atoms with Crippen LogP contribution in [0.15, 0.2) is 30.9 Å². The Morgan fingerprint density at radius 3 is 2.73 bits per heavy atom. The van der Waals surface area contributed by atoms with E-state index in [1.807, 2.05) is 12.1 Å². The van der Waals surface area contributed by atoms with Gasteiger partial charge in [-0.15, -0.1) is 6.58 Å². The maximum atomic E-state index is 12.2. The maximum Gasteiger partial charge on any atom is 0.328 e. The van der Waals surface area contributed by atoms with E-state index in [-0.39, 0.29) is 19.1 Å². The molecule has 5 heteroatoms. The summed E-state index contributed by atoms with van der Waals surface area (Å²) in [5.41, 5.74) is 2.97. The van der Waals surface area contributed by atoms with Crippen LogP contribution in [0.25, 0.3) is 0 Å². The number of rotatable bonds is 7. The van der Waals surface area contributed by atoms with Gasteiger partial charge in [0.15, 0.2) is 6.04 Å². The van der Waals surface area contributed by atoms with Crippen molar-refractivity contribution in [3.63, 3.8) is 0 Å². The van der Waals surface area contributed by atoms with Gasteiger partial charge < -0.3 is 15.2 Å². The minimum Gasteiger partial charge on any atom is -0.480 e. The van der Waals surface area contributed by atoms with Crippen LogP contribution < -0.4 is 5.32 Å². The molecule has 2 N–H and O–H groups in total. The number of carboxylic acids is 1. The maximum absolute atomic E-state index is 12.2. The zero-order chi connectivity index (χ0) is 15.9. The molecule has 0 heterocycles. The van der Waals surface area contributed by atoms with Gasteiger partial charge in [0.05, 0.1) is 13.2 Å². The van der Waals surface area contributed by atoms with Gasteiger partial charge in [-0.05, 0) is 48.9 Å². The van der Waals surface area contributed by atoms with E-state index in [1.54, 1.807) is 6.07 Å². The number of carboxylic acid groups (broad SMARTS) is 1. The molecule has 118 valence electrons. The van der Waals surface area contributed by atoms with Crippen molar-refractivity contribution >= 4 is 11.9 Å². The van der Waals surface area contributed by atoms with E-state index in [4.69, 9.17) is 9.84 Å². The van der Waals surface area contributed by atoms with Crippen LogP contribution in [-0.2, 0) is 22.4 Å². The quantitative estimate of drug-likeness (QED) is 0.596. The second-order valence-corrected chi connectivity index (χ2v) is 5.38. The number of hydrogen-bond acceptors (Lipinski definition) is 3. The molecule has 22 heavy (non-hydrogen) atoms. The zero-order valence-corrected chi connectivity index (χ0v) is 12.5. The lowest BCUT2D eigenvalue weighted by molar-refractivity contribution is -0.140. The molecular weight excluding hydrogens is 282 g/mol. The number of nitrogens with one attached hydrogen (secondary N) is 1. The van der Waals surface area contributed by atoms with Gasteiger partial charge in [-0.3, -0.25) is 4.79 Å². The highest BCUT2D eigenvalue weighted by atomic mass is 16.5. The number of benzene rings is 1. The first kappa shape index (κ1) is 16.2. The predicted octanol–water partition coefficient (Wildman–Crippen LogP) is 1.95. The van der Waals surface area contributed by atoms with Gasteiger partial charge in [-0.2, -0.15) is 0 Å². The molecule has 1 aliphatic rings. The second-order valence-electron chi connectivity index (χ2n) is 5.38. The zero-order valence-electron chi connectivity index (χ0n) is 12.5. The van der Waals surface area contributed by atoms with Crippen molar-refractivity contribution in [3.8, 4) is 0 Å². The lowest BCUT2D eigenvalue weighted by atomic mass is 9.90. The van der Waals surface area contributed by atoms with Crippen LogP contribution in [0.2, 0.25) is 0 Å². The molecule has 0 aromatic heterocycles. The molecule has 1 amide bonds. The molecule has 0 radical (unpaired) electrons. The van der Waals surface area contributed by atoms with Gasteiger partial charge in [-0.1, -0.05) is 12.1 Å². The SMILES string of the molecule is C=CCOCC(NC(=O)c1ccc2c(c1)CCCC2)C(=O)O. The molecule has 0 saturated carbocycles. The lowest BCUT2D eigenvalue weighted by Crippen LogP contribution is -2.44. The number of carbonyl (C=O) groups is 2. The van der Waals surface area contributed by atoms with Gasteiger partial charge in [0.1, 0.15) is 0 Å². The van der Waals surface area contributed by atoms with E-state index < -0.39 is 12.0 Å². The van der Waals surface area contributed by atoms with Crippen molar-refractivity contribution < 1.29 is 19.4 Å². The van der Waals surface area contributed by atoms with Gasteiger partial charge in [0.2, 0.25) is 0 Å². The molecule has 5 nitrogen and oxygen atoms in total. The average molecular weight is 303 g/mol. The summed E-state index contributed by atoms with van der Waals surface area (Å²) in [6, 6.07) is 4.52. The molecule has 0 saturated heterocycles. The van der Waals surface area contributed by atoms with Crippen molar-refractivity contribution in [3.05, 3.63) is 47.5 Å². The Bertz CT molecular complexity index is 568. The highest BCUT2D eigenvalue weighted by Gasteiger charge is 2.21. The van der Waals surface area contributed by atoms with Gasteiger partial charge in [-0.25, -0.2) is 4.79 Å². The summed E-state index contributed by atoms with van der Waals surface area (Å²) >= 11 is 0. The topological polar surface area (TPSA) is 75.6 Å². The molecule has 1 unspecified atom stereocenters. The summed E-state index contributed by atoms with van der Waals surface area (Å²) in [6.45, 7) is 3.66. The van der Waals surface area contributed by atoms with Crippen LogP contribution in [0.4, 0.5) is 0 Å². The largest absolute Gasteiger partial charge is 0.480 e. The van der Waals surface area contributed by atoms with Crippen LogP contribution in [0.3, 0.4) is 0 Å². The van der Waals surface area contributed by atoms with Gasteiger partial charge >= 0.3 is 5.97 Å². The monoisotopic (exact) mass is 303 g/mol. The second kappa shape index (κ2) is 7.75. The predicted molar refractivity (Wildman–Crippen MR) is 83.0 cm³/mol. The van der Waals surface area contributed by atoms with E-state index in [0.717, 1.165) is 19.3 Å². The Morgan fingerprint density at radius 2 is 2.05 bits per heavy atom. The molecule has 1 atom stereocenters. The number of aliphatic carboxylic acids is 1. The van der Waals surface area contributed by atoms with E-state index in [0.29, 0.717) is 5.56 Å². The molecule has 1 aliphatic carbocycles. The summed E-state index contributed by atoms with van der Waals surface area (Å²) in [5, 5.41) is 11.6. The summed E-state index contributed by atoms with van der Waals surface area (Å²) in [5.74, 6) is -1.50. The summed E-state index contributed by atoms with van der Waals surface area (Å²) in [6.07, 6.45) is 5.86. The Balaban J connectivity index is 2.03. The first-order valence-corrected chi connectivity index (χ1v) is 7.46. The highest BCUT2D eigenvalue weighted by Crippen LogP contribution is 2.22. The number of fused-ring (bicyclic) bond motifs is 1. The lowest BCUT2D eigenvalue weighted by Gasteiger charge is -2.18. The minimum absolute atomic E-state index is 0.0853. The van der Waals surface area contributed by atoms with Gasteiger partial charge in [0, 0.05) is 5.56 Å². The Morgan fingerprint density at radius 1 is 1.32 bits per heavy atom. The Kier molecular flexibility index (Phi) is 5.72. The van der Waals surface area contributed by atoms with Gasteiger partial charge in [0.25, 0.3) is 5.91 Å². The Hall–Kier alpha value is -2.14. The normalized spacial score (nSPS) is 14.7. The Labute approximate surface area is 130 Å². The number of aryl methyl sites for hydroxylation is 2. The fraction of sp³-hybridized carbons (Fsp3) is 0.412. The molecule has 0 fully saturated rings. The highest BCUT2D eigenvalue weighted by molar-refractivity contribution is 5.96. The summed E-state index contributed by atoms with van der Waals surface area (Å²) < 4.78 is 5.12. The van der Waals surface area contributed by atoms with E-state index in [1.165, 1.54) is 23.6 Å². The van der Waals surface area contributed by atoms with Crippen LogP contribution >= 0.6 is 0 Å². The first-order valence-electron chi connectivity index (χ1n) is 7.46. The third kappa shape index (κ3) is 4.18. The van der Waals surface area contributed by atoms with Crippen molar-refractivity contribution in [2.24, 2.45) is 0 Å². The smallest absolute Gasteiger partial charge is 0.328 e. The van der Waals surface area contributed by atoms with Crippen molar-refractivity contribution in [2.75, 3.05) is 13.2 Å². The number of carbonyl (C=O) groups excluding carboxylic acids is 1. The van der Waals surface area contributed by atoms with Crippen LogP contribution in [-0.4, -0.2) is 36.2 Å². The molecular formula is C17H21NO4. The molecule has 1 aromatic rings. The fourth-order valence-corrected chi connectivity index (χ4v) is 2.56. The fourth-order valence-electron chi connectivity index (χ4n) is 2.56. The van der Waals surface area contributed by atoms with E-state index in [2.05, 4.69) is 11.9 Å². The minimum atomic E-state index is -1.12. The number of ether oxygens (including phenoxy) is 1. The van der Waals surface area contributed by atoms with Crippen molar-refractivity contribution in [1.29, 1.82) is 0 Å². The molecule has 0 spiro atoms. The molecule has 2 rings (SSSR count). The van der Waals surface area contributed by atoms with Crippen molar-refractivity contribution in [1.82, 2.24) is 5.32 Å². The summed E-state index contributed by atoms with van der Waals surface area (Å²) in [7, 11) is 0. The average Bonchev–Trinajstić information content (AvgIpc) is 2.53. The number of amides is 1. The molecule has 0 aliphatic heterocycles. The van der Waals surface area contributed by atoms with E-state index >= 15 is 0 Å². The molecule has 0 bridgehead atoms. The first-order chi connectivity index (χ1) is 10.6. The summed E-state index contributed by atoms with van der Waals surface area (Å²) in [4.78, 5) is 23.4. The van der Waals surface area contributed by atoms with Crippen LogP contribution in [0, 0.1) is 0 Å². The standard InChI is InChI=1S/C17H21NO4/c1-2-9-22-11-15(17(20)21)18-16(19)14-8-7-12-5-3-4-6-13(12)10-14/h2,7-8,10,15H,1,3-6,9,11H2,(H,18,19)(H,20,21). The van der Waals surface area contributed by atoms with Crippen LogP contribution in [0.1, 0.15) is 34.3 Å². The molecule has 1 aromatic carbocycles. The third-order valence-corrected chi connectivity index (χ3v) is 3.73. The van der Waals surface area contributed by atoms with Crippen LogP contribution in [0.5, 0.6) is 0 Å². The third-order valence-electron chi connectivity index (χ3n) is 3.73. The van der Waals surface area contributed by atoms with Crippen molar-refractivity contribution in [2.45, 2.75) is 31.7 Å². The van der Waals surface area contributed by atoms with E-state index in [9.17, 15) is 9.59 Å². The number of hydrogen-bond donors (Lipinski definition) is 2.